The topological polar surface area (TPSA) is 305 Å². The minimum atomic E-state index is -1.81. The van der Waals surface area contributed by atoms with Crippen LogP contribution in [0.2, 0.25) is 0 Å². The number of hydrogen-bond acceptors (Lipinski definition) is 15. The first kappa shape index (κ1) is 57.1. The molecule has 68 heavy (non-hydrogen) atoms. The maximum Gasteiger partial charge on any atom is 0.220 e. The van der Waals surface area contributed by atoms with Crippen molar-refractivity contribution in [3.05, 3.63) is 63.0 Å². The molecule has 10 N–H and O–H groups in total. The summed E-state index contributed by atoms with van der Waals surface area (Å²) in [5.41, 5.74) is 13.9. The number of aliphatic hydroxyl groups excluding tert-OH is 8. The van der Waals surface area contributed by atoms with E-state index in [4.69, 9.17) is 29.5 Å². The number of H-pyrrole nitrogens is 1. The van der Waals surface area contributed by atoms with Crippen molar-refractivity contribution >= 4 is 17.7 Å². The summed E-state index contributed by atoms with van der Waals surface area (Å²) in [5, 5.41) is 90.8. The number of rotatable bonds is 32. The van der Waals surface area contributed by atoms with Gasteiger partial charge in [0, 0.05) is 35.0 Å². The lowest BCUT2D eigenvalue weighted by Crippen LogP contribution is -2.65. The minimum Gasteiger partial charge on any atom is -0.394 e. The number of unbranched alkanes of at least 4 members (excludes halogenated alkanes) is 13. The summed E-state index contributed by atoms with van der Waals surface area (Å²) in [5.74, 6) is -0.373. The normalized spacial score (nSPS) is 28.0. The fourth-order valence-corrected chi connectivity index (χ4v) is 8.75. The molecular formula is C49H80N6O13. The Bertz CT molecular complexity index is 1810. The number of amides is 1. The van der Waals surface area contributed by atoms with E-state index in [1.807, 2.05) is 38.1 Å². The Kier molecular flexibility index (Phi) is 26.0. The summed E-state index contributed by atoms with van der Waals surface area (Å²) in [6.07, 6.45) is 6.15. The second-order valence-electron chi connectivity index (χ2n) is 18.3. The molecule has 0 bridgehead atoms. The van der Waals surface area contributed by atoms with Crippen molar-refractivity contribution in [2.24, 2.45) is 10.1 Å². The Morgan fingerprint density at radius 3 is 2.18 bits per heavy atom. The highest BCUT2D eigenvalue weighted by atomic mass is 16.7. The molecule has 0 spiro atoms. The van der Waals surface area contributed by atoms with Gasteiger partial charge in [0.05, 0.1) is 37.7 Å². The molecule has 3 aliphatic heterocycles. The van der Waals surface area contributed by atoms with Crippen molar-refractivity contribution in [1.29, 1.82) is 0 Å². The molecule has 19 nitrogen and oxygen atoms in total. The molecule has 0 radical (unpaired) electrons. The number of nitrogens with zero attached hydrogens (tertiary/aromatic N) is 4. The zero-order chi connectivity index (χ0) is 49.4. The summed E-state index contributed by atoms with van der Waals surface area (Å²) in [7, 11) is 0. The molecule has 2 unspecified atom stereocenters. The molecule has 4 heterocycles. The highest BCUT2D eigenvalue weighted by molar-refractivity contribution is 6.04. The quantitative estimate of drug-likeness (QED) is 0.0154. The van der Waals surface area contributed by atoms with Crippen LogP contribution >= 0.6 is 0 Å². The molecular weight excluding hydrogens is 881 g/mol. The van der Waals surface area contributed by atoms with Crippen molar-refractivity contribution in [2.45, 2.75) is 210 Å². The number of allylic oxidation sites excluding steroid dienone is 3. The molecule has 384 valence electrons. The lowest BCUT2D eigenvalue weighted by Gasteiger charge is -2.46. The monoisotopic (exact) mass is 961 g/mol. The van der Waals surface area contributed by atoms with Gasteiger partial charge in [0.2, 0.25) is 5.91 Å². The zero-order valence-corrected chi connectivity index (χ0v) is 40.3. The molecule has 19 heteroatoms. The largest absolute Gasteiger partial charge is 0.394 e. The number of aliphatic imine (C=N–C) groups is 1. The first-order chi connectivity index (χ1) is 32.8. The van der Waals surface area contributed by atoms with Gasteiger partial charge in [0.25, 0.3) is 0 Å². The van der Waals surface area contributed by atoms with Crippen molar-refractivity contribution in [3.8, 4) is 0 Å². The van der Waals surface area contributed by atoms with Gasteiger partial charge in [-0.25, -0.2) is 0 Å². The van der Waals surface area contributed by atoms with Crippen LogP contribution in [0, 0.1) is 0 Å². The molecule has 2 saturated heterocycles. The lowest BCUT2D eigenvalue weighted by molar-refractivity contribution is -0.359. The smallest absolute Gasteiger partial charge is 0.220 e. The minimum absolute atomic E-state index is 0.0651. The molecule has 0 aliphatic carbocycles. The van der Waals surface area contributed by atoms with Crippen LogP contribution in [-0.4, -0.2) is 157 Å². The molecule has 1 aromatic heterocycles. The highest BCUT2D eigenvalue weighted by Gasteiger charge is 2.51. The number of carbonyl (C=O) groups excluding carboxylic acids is 1. The first-order valence-electron chi connectivity index (χ1n) is 24.8. The standard InChI is InChI=1S/C49H80N6O13/c1-4-5-6-7-8-9-10-11-12-13-14-15-18-21-38(58)37(30-65-48-46(64)44(62)47(40(29-57)67-48)68-49-45(63)43(61)42(60)39(28-56)66-49)54-41(59)25-24-35-31(2)36(52-32(35)3)27-34-23-22-33(53-34)20-17-16-19-26-51-55-50/h18,21-23,27,37-40,42-49,53,56-58,60-64H,4-17,19-20,24-26,28-30H2,1-3H3,(H,54,59)/b21-18+,36-27-/t37?,38?,39-,40-,42+,43+,44-,45-,46-,47-,48-,49+/m1/s1. The molecule has 0 aromatic carbocycles. The van der Waals surface area contributed by atoms with Crippen molar-refractivity contribution in [1.82, 2.24) is 10.3 Å². The van der Waals surface area contributed by atoms with Crippen molar-refractivity contribution in [3.63, 3.8) is 0 Å². The highest BCUT2D eigenvalue weighted by Crippen LogP contribution is 2.31. The predicted molar refractivity (Wildman–Crippen MR) is 256 cm³/mol. The third-order valence-electron chi connectivity index (χ3n) is 13.0. The summed E-state index contributed by atoms with van der Waals surface area (Å²) in [6, 6.07) is 3.03. The van der Waals surface area contributed by atoms with E-state index in [1.54, 1.807) is 6.08 Å². The Labute approximate surface area is 401 Å². The third-order valence-corrected chi connectivity index (χ3v) is 13.0. The van der Waals surface area contributed by atoms with Crippen LogP contribution in [0.25, 0.3) is 16.5 Å². The molecule has 2 fully saturated rings. The van der Waals surface area contributed by atoms with Crippen LogP contribution in [0.1, 0.15) is 141 Å². The van der Waals surface area contributed by atoms with Gasteiger partial charge in [-0.15, -0.1) is 0 Å². The molecule has 4 rings (SSSR count). The van der Waals surface area contributed by atoms with Gasteiger partial charge in [0.15, 0.2) is 12.6 Å². The van der Waals surface area contributed by atoms with Crippen molar-refractivity contribution < 1.29 is 64.6 Å². The van der Waals surface area contributed by atoms with Crippen molar-refractivity contribution in [2.75, 3.05) is 26.4 Å². The average molecular weight is 961 g/mol. The molecule has 12 atom stereocenters. The first-order valence-corrected chi connectivity index (χ1v) is 24.8. The van der Waals surface area contributed by atoms with E-state index in [0.29, 0.717) is 13.0 Å². The van der Waals surface area contributed by atoms with Gasteiger partial charge >= 0.3 is 0 Å². The number of aryl methyl sites for hydroxylation is 1. The summed E-state index contributed by atoms with van der Waals surface area (Å²) >= 11 is 0. The molecule has 1 aromatic rings. The second-order valence-corrected chi connectivity index (χ2v) is 18.3. The second kappa shape index (κ2) is 30.9. The van der Waals surface area contributed by atoms with E-state index in [2.05, 4.69) is 27.3 Å². The summed E-state index contributed by atoms with van der Waals surface area (Å²) < 4.78 is 22.8. The van der Waals surface area contributed by atoms with E-state index in [1.165, 1.54) is 51.4 Å². The number of hydrogen-bond donors (Lipinski definition) is 10. The third kappa shape index (κ3) is 18.0. The maximum absolute atomic E-state index is 13.6. The number of ether oxygens (including phenoxy) is 4. The van der Waals surface area contributed by atoms with E-state index in [9.17, 15) is 45.6 Å². The van der Waals surface area contributed by atoms with Crippen LogP contribution in [0.5, 0.6) is 0 Å². The Morgan fingerprint density at radius 2 is 1.50 bits per heavy atom. The fourth-order valence-electron chi connectivity index (χ4n) is 8.75. The average Bonchev–Trinajstić information content (AvgIpc) is 3.89. The Morgan fingerprint density at radius 1 is 0.853 bits per heavy atom. The fraction of sp³-hybridized carbons (Fsp3) is 0.755. The van der Waals surface area contributed by atoms with Gasteiger partial charge in [-0.1, -0.05) is 94.8 Å². The van der Waals surface area contributed by atoms with Gasteiger partial charge in [-0.05, 0) is 87.3 Å². The SMILES string of the molecule is CCCCCCCCCCCCC/C=C/C(O)C(CO[C@@H]1O[C@H](CO)[C@@H](O[C@@H]2O[C@H](CO)[C@H](O)[C@H](O)[C@H]2O)[C@H](O)[C@H]1O)NC(=O)CCC1=C(C)/C(=C/c2ccc(CCCCCN=[N+]=[N-])[nH]2)N=C1C. The van der Waals surface area contributed by atoms with E-state index in [-0.39, 0.29) is 18.9 Å². The van der Waals surface area contributed by atoms with E-state index < -0.39 is 86.8 Å². The van der Waals surface area contributed by atoms with Crippen LogP contribution in [0.4, 0.5) is 0 Å². The van der Waals surface area contributed by atoms with E-state index in [0.717, 1.165) is 85.3 Å². The van der Waals surface area contributed by atoms with Crippen LogP contribution in [0.3, 0.4) is 0 Å². The van der Waals surface area contributed by atoms with Gasteiger partial charge in [0.1, 0.15) is 48.8 Å². The Balaban J connectivity index is 1.36. The number of aromatic nitrogens is 1. The summed E-state index contributed by atoms with van der Waals surface area (Å²) in [4.78, 5) is 24.6. The zero-order valence-electron chi connectivity index (χ0n) is 40.3. The molecule has 1 amide bonds. The van der Waals surface area contributed by atoms with Crippen LogP contribution in [-0.2, 0) is 30.2 Å². The number of aromatic amines is 1. The van der Waals surface area contributed by atoms with Gasteiger partial charge in [-0.2, -0.15) is 0 Å². The maximum atomic E-state index is 13.6. The predicted octanol–water partition coefficient (Wildman–Crippen LogP) is 4.69. The van der Waals surface area contributed by atoms with E-state index >= 15 is 0 Å². The van der Waals surface area contributed by atoms with Crippen LogP contribution < -0.4 is 5.32 Å². The molecule has 3 aliphatic rings. The number of nitrogens with one attached hydrogen (secondary N) is 2. The lowest BCUT2D eigenvalue weighted by atomic mass is 9.97. The number of carbonyl (C=O) groups is 1. The molecule has 0 saturated carbocycles. The number of azide groups is 1. The van der Waals surface area contributed by atoms with Gasteiger partial charge < -0.3 is 70.1 Å². The van der Waals surface area contributed by atoms with Gasteiger partial charge in [-0.3, -0.25) is 9.79 Å². The summed E-state index contributed by atoms with van der Waals surface area (Å²) in [6.45, 7) is 4.75. The Hall–Kier alpha value is -3.53. The number of aliphatic hydroxyl groups is 8. The van der Waals surface area contributed by atoms with Crippen LogP contribution in [0.15, 0.2) is 51.2 Å².